The van der Waals surface area contributed by atoms with E-state index in [1.54, 1.807) is 21.8 Å². The molecule has 3 heterocycles. The normalized spacial score (nSPS) is 13.0. The minimum Gasteiger partial charge on any atom is -0.448 e. The number of cyclic esters (lactones) is 1. The van der Waals surface area contributed by atoms with Gasteiger partial charge in [0.15, 0.2) is 0 Å². The summed E-state index contributed by atoms with van der Waals surface area (Å²) in [5, 5.41) is 25.3. The molecule has 1 saturated heterocycles. The van der Waals surface area contributed by atoms with Crippen LogP contribution in [-0.4, -0.2) is 50.7 Å². The predicted molar refractivity (Wildman–Crippen MR) is 136 cm³/mol. The number of carbonyl (C=O) groups excluding carboxylic acids is 1. The van der Waals surface area contributed by atoms with Crippen LogP contribution < -0.4 is 10.6 Å². The van der Waals surface area contributed by atoms with Crippen LogP contribution in [0.3, 0.4) is 0 Å². The number of fused-ring (bicyclic) bond motifs is 1. The minimum absolute atomic E-state index is 0.0457. The third kappa shape index (κ3) is 5.35. The molecule has 0 radical (unpaired) electrons. The number of benzene rings is 2. The molecule has 13 heteroatoms. The van der Waals surface area contributed by atoms with Crippen LogP contribution in [0.4, 0.5) is 26.2 Å². The fourth-order valence-corrected chi connectivity index (χ4v) is 4.32. The molecule has 0 spiro atoms. The molecule has 0 saturated carbocycles. The quantitative estimate of drug-likeness (QED) is 0.322. The maximum Gasteiger partial charge on any atom is 0.410 e. The number of ether oxygens (including phenoxy) is 1. The van der Waals surface area contributed by atoms with Gasteiger partial charge in [-0.3, -0.25) is 9.67 Å². The molecule has 37 heavy (non-hydrogen) atoms. The van der Waals surface area contributed by atoms with E-state index >= 15 is 0 Å². The van der Waals surface area contributed by atoms with Gasteiger partial charge in [-0.2, -0.15) is 5.26 Å². The predicted octanol–water partition coefficient (Wildman–Crippen LogP) is 4.95. The van der Waals surface area contributed by atoms with E-state index in [0.29, 0.717) is 71.5 Å². The Balaban J connectivity index is 1.35. The standard InChI is InChI=1S/C24H19Cl2FN8O2/c25-19-8-15(1-2-21(19)27)31-22-14(10-28)11-30-23-18(22)7-16(9-20(23)26)29-12-17-13-35(33-32-17)4-3-34-5-6-37-24(34)36/h1-2,7-9,11,13,29H,3-6,12H2,(H,30,31). The van der Waals surface area contributed by atoms with Crippen LogP contribution in [-0.2, 0) is 17.8 Å². The first-order valence-corrected chi connectivity index (χ1v) is 12.0. The van der Waals surface area contributed by atoms with Crippen LogP contribution in [0.2, 0.25) is 10.0 Å². The van der Waals surface area contributed by atoms with Crippen LogP contribution >= 0.6 is 23.2 Å². The van der Waals surface area contributed by atoms with Crippen LogP contribution in [0, 0.1) is 17.1 Å². The first kappa shape index (κ1) is 24.5. The van der Waals surface area contributed by atoms with Gasteiger partial charge in [0.1, 0.15) is 24.2 Å². The second-order valence-electron chi connectivity index (χ2n) is 8.19. The number of amides is 1. The molecule has 1 amide bonds. The lowest BCUT2D eigenvalue weighted by Gasteiger charge is -2.14. The second kappa shape index (κ2) is 10.5. The number of hydrogen-bond acceptors (Lipinski definition) is 8. The SMILES string of the molecule is N#Cc1cnc2c(Cl)cc(NCc3cn(CCN4CCOC4=O)nn3)cc2c1Nc1ccc(F)c(Cl)c1. The molecule has 0 aliphatic carbocycles. The topological polar surface area (TPSA) is 121 Å². The van der Waals surface area contributed by atoms with Crippen LogP contribution in [0.25, 0.3) is 10.9 Å². The van der Waals surface area contributed by atoms with E-state index < -0.39 is 5.82 Å². The number of carbonyl (C=O) groups is 1. The van der Waals surface area contributed by atoms with Gasteiger partial charge in [0.2, 0.25) is 0 Å². The van der Waals surface area contributed by atoms with E-state index in [2.05, 4.69) is 32.0 Å². The Kier molecular flexibility index (Phi) is 6.94. The van der Waals surface area contributed by atoms with Crippen LogP contribution in [0.15, 0.2) is 42.7 Å². The lowest BCUT2D eigenvalue weighted by atomic mass is 10.1. The Morgan fingerprint density at radius 2 is 2.00 bits per heavy atom. The van der Waals surface area contributed by atoms with Crippen molar-refractivity contribution in [2.24, 2.45) is 0 Å². The Labute approximate surface area is 220 Å². The fraction of sp³-hybridized carbons (Fsp3) is 0.208. The molecule has 1 aliphatic heterocycles. The first-order chi connectivity index (χ1) is 17.9. The van der Waals surface area contributed by atoms with Crippen molar-refractivity contribution in [2.45, 2.75) is 13.1 Å². The van der Waals surface area contributed by atoms with Gasteiger partial charge in [-0.15, -0.1) is 5.10 Å². The number of nitriles is 1. The molecule has 0 bridgehead atoms. The van der Waals surface area contributed by atoms with E-state index in [0.717, 1.165) is 0 Å². The average molecular weight is 541 g/mol. The van der Waals surface area contributed by atoms with E-state index in [4.69, 9.17) is 27.9 Å². The number of nitrogens with zero attached hydrogens (tertiary/aromatic N) is 6. The third-order valence-corrected chi connectivity index (χ3v) is 6.32. The highest BCUT2D eigenvalue weighted by molar-refractivity contribution is 6.36. The number of rotatable bonds is 8. The van der Waals surface area contributed by atoms with Crippen LogP contribution in [0.5, 0.6) is 0 Å². The van der Waals surface area contributed by atoms with E-state index in [1.807, 2.05) is 6.07 Å². The fourth-order valence-electron chi connectivity index (χ4n) is 3.87. The molecule has 5 rings (SSSR count). The molecule has 10 nitrogen and oxygen atoms in total. The van der Waals surface area contributed by atoms with Gasteiger partial charge in [0.25, 0.3) is 0 Å². The van der Waals surface area contributed by atoms with Crippen molar-refractivity contribution in [1.82, 2.24) is 24.9 Å². The van der Waals surface area contributed by atoms with Gasteiger partial charge in [-0.1, -0.05) is 28.4 Å². The molecule has 0 atom stereocenters. The summed E-state index contributed by atoms with van der Waals surface area (Å²) in [6, 6.07) is 9.85. The zero-order chi connectivity index (χ0) is 25.9. The zero-order valence-corrected chi connectivity index (χ0v) is 20.7. The average Bonchev–Trinajstić information content (AvgIpc) is 3.52. The van der Waals surface area contributed by atoms with Gasteiger partial charge < -0.3 is 20.3 Å². The van der Waals surface area contributed by atoms with Crippen molar-refractivity contribution in [2.75, 3.05) is 30.3 Å². The second-order valence-corrected chi connectivity index (χ2v) is 9.01. The molecule has 4 aromatic rings. The Morgan fingerprint density at radius 1 is 1.16 bits per heavy atom. The van der Waals surface area contributed by atoms with Gasteiger partial charge in [-0.25, -0.2) is 9.18 Å². The number of halogens is 3. The Morgan fingerprint density at radius 3 is 2.76 bits per heavy atom. The summed E-state index contributed by atoms with van der Waals surface area (Å²) in [6.07, 6.45) is 2.90. The van der Waals surface area contributed by atoms with Crippen molar-refractivity contribution in [1.29, 1.82) is 5.26 Å². The molecular formula is C24H19Cl2FN8O2. The molecule has 2 aromatic heterocycles. The lowest BCUT2D eigenvalue weighted by Crippen LogP contribution is -2.28. The Bertz CT molecular complexity index is 1540. The van der Waals surface area contributed by atoms with Crippen molar-refractivity contribution in [3.8, 4) is 6.07 Å². The summed E-state index contributed by atoms with van der Waals surface area (Å²) >= 11 is 12.4. The summed E-state index contributed by atoms with van der Waals surface area (Å²) in [7, 11) is 0. The van der Waals surface area contributed by atoms with Gasteiger partial charge in [0.05, 0.1) is 52.6 Å². The summed E-state index contributed by atoms with van der Waals surface area (Å²) in [6.45, 7) is 2.31. The first-order valence-electron chi connectivity index (χ1n) is 11.2. The number of pyridine rings is 1. The van der Waals surface area contributed by atoms with Crippen molar-refractivity contribution in [3.05, 3.63) is 69.8 Å². The van der Waals surface area contributed by atoms with Crippen molar-refractivity contribution >= 4 is 57.3 Å². The van der Waals surface area contributed by atoms with E-state index in [-0.39, 0.29) is 16.7 Å². The highest BCUT2D eigenvalue weighted by atomic mass is 35.5. The number of hydrogen-bond donors (Lipinski definition) is 2. The highest BCUT2D eigenvalue weighted by Gasteiger charge is 2.21. The van der Waals surface area contributed by atoms with Gasteiger partial charge in [-0.05, 0) is 30.3 Å². The maximum atomic E-state index is 13.6. The molecule has 2 aromatic carbocycles. The zero-order valence-electron chi connectivity index (χ0n) is 19.2. The molecule has 1 aliphatic rings. The summed E-state index contributed by atoms with van der Waals surface area (Å²) in [4.78, 5) is 17.5. The lowest BCUT2D eigenvalue weighted by molar-refractivity contribution is 0.157. The van der Waals surface area contributed by atoms with E-state index in [1.165, 1.54) is 24.4 Å². The van der Waals surface area contributed by atoms with Gasteiger partial charge >= 0.3 is 6.09 Å². The Hall–Kier alpha value is -4.14. The number of anilines is 3. The monoisotopic (exact) mass is 540 g/mol. The molecule has 0 unspecified atom stereocenters. The molecule has 2 N–H and O–H groups in total. The molecule has 188 valence electrons. The van der Waals surface area contributed by atoms with E-state index in [9.17, 15) is 14.4 Å². The van der Waals surface area contributed by atoms with Crippen LogP contribution in [0.1, 0.15) is 11.3 Å². The largest absolute Gasteiger partial charge is 0.448 e. The smallest absolute Gasteiger partial charge is 0.410 e. The van der Waals surface area contributed by atoms with Gasteiger partial charge in [0, 0.05) is 29.5 Å². The molecular weight excluding hydrogens is 522 g/mol. The van der Waals surface area contributed by atoms with Crippen molar-refractivity contribution in [3.63, 3.8) is 0 Å². The van der Waals surface area contributed by atoms with Crippen molar-refractivity contribution < 1.29 is 13.9 Å². The summed E-state index contributed by atoms with van der Waals surface area (Å²) in [5.41, 5.74) is 3.10. The number of nitrogens with one attached hydrogen (secondary N) is 2. The number of aromatic nitrogens is 4. The highest BCUT2D eigenvalue weighted by Crippen LogP contribution is 2.35. The maximum absolute atomic E-state index is 13.6. The summed E-state index contributed by atoms with van der Waals surface area (Å²) < 4.78 is 20.2. The molecule has 1 fully saturated rings. The summed E-state index contributed by atoms with van der Waals surface area (Å²) in [5.74, 6) is -0.544. The minimum atomic E-state index is -0.544. The third-order valence-electron chi connectivity index (χ3n) is 5.74.